The van der Waals surface area contributed by atoms with E-state index in [1.165, 1.54) is 0 Å². The van der Waals surface area contributed by atoms with Gasteiger partial charge in [-0.2, -0.15) is 27.9 Å². The fourth-order valence-corrected chi connectivity index (χ4v) is 3.31. The minimum Gasteiger partial charge on any atom is -0.367 e. The van der Waals surface area contributed by atoms with Crippen molar-refractivity contribution in [2.24, 2.45) is 0 Å². The number of nitriles is 1. The van der Waals surface area contributed by atoms with Crippen LogP contribution >= 0.6 is 0 Å². The summed E-state index contributed by atoms with van der Waals surface area (Å²) in [5.74, 6) is -0.0551. The van der Waals surface area contributed by atoms with Gasteiger partial charge in [-0.1, -0.05) is 0 Å². The Morgan fingerprint density at radius 3 is 2.59 bits per heavy atom. The number of nitrogens with zero attached hydrogens (tertiary/aromatic N) is 7. The van der Waals surface area contributed by atoms with E-state index in [1.807, 2.05) is 12.1 Å². The maximum Gasteiger partial charge on any atom is 0.453 e. The molecule has 0 radical (unpaired) electrons. The first-order chi connectivity index (χ1) is 13.8. The Bertz CT molecular complexity index is 1060. The zero-order valence-electron chi connectivity index (χ0n) is 15.5. The largest absolute Gasteiger partial charge is 0.453 e. The standard InChI is InChI=1S/C18H17F3N8/c1-11-8-15(29-17(24-11)26-16(27-29)18(19,20)21)25-13-4-6-28(7-5-13)14-3-2-12(9-22)10-23-14/h2-3,8,10,13,25H,4-7H2,1H3. The van der Waals surface area contributed by atoms with Gasteiger partial charge in [0, 0.05) is 37.1 Å². The molecule has 0 saturated carbocycles. The predicted octanol–water partition coefficient (Wildman–Crippen LogP) is 2.80. The maximum absolute atomic E-state index is 13.0. The second-order valence-corrected chi connectivity index (χ2v) is 6.85. The fraction of sp³-hybridized carbons (Fsp3) is 0.389. The van der Waals surface area contributed by atoms with Crippen molar-refractivity contribution in [3.05, 3.63) is 41.5 Å². The van der Waals surface area contributed by atoms with E-state index in [2.05, 4.69) is 30.3 Å². The van der Waals surface area contributed by atoms with E-state index in [4.69, 9.17) is 5.26 Å². The average Bonchev–Trinajstić information content (AvgIpc) is 3.13. The summed E-state index contributed by atoms with van der Waals surface area (Å²) in [6, 6.07) is 7.31. The Morgan fingerprint density at radius 1 is 1.21 bits per heavy atom. The molecule has 4 heterocycles. The lowest BCUT2D eigenvalue weighted by molar-refractivity contribution is -0.144. The number of anilines is 2. The van der Waals surface area contributed by atoms with E-state index < -0.39 is 12.0 Å². The molecule has 0 unspecified atom stereocenters. The minimum absolute atomic E-state index is 0.0631. The summed E-state index contributed by atoms with van der Waals surface area (Å²) in [6.45, 7) is 3.16. The molecule has 0 aromatic carbocycles. The third-order valence-electron chi connectivity index (χ3n) is 4.74. The molecule has 29 heavy (non-hydrogen) atoms. The number of rotatable bonds is 3. The van der Waals surface area contributed by atoms with Crippen LogP contribution in [0.1, 0.15) is 29.9 Å². The van der Waals surface area contributed by atoms with Gasteiger partial charge in [0.25, 0.3) is 11.6 Å². The van der Waals surface area contributed by atoms with Gasteiger partial charge in [0.2, 0.25) is 0 Å². The first-order valence-electron chi connectivity index (χ1n) is 9.03. The molecule has 4 rings (SSSR count). The third-order valence-corrected chi connectivity index (χ3v) is 4.74. The van der Waals surface area contributed by atoms with E-state index >= 15 is 0 Å². The minimum atomic E-state index is -4.63. The van der Waals surface area contributed by atoms with E-state index in [1.54, 1.807) is 25.3 Å². The highest BCUT2D eigenvalue weighted by Gasteiger charge is 2.37. The molecule has 1 saturated heterocycles. The Hall–Kier alpha value is -3.42. The predicted molar refractivity (Wildman–Crippen MR) is 98.3 cm³/mol. The lowest BCUT2D eigenvalue weighted by Gasteiger charge is -2.33. The van der Waals surface area contributed by atoms with Gasteiger partial charge in [-0.15, -0.1) is 5.10 Å². The second kappa shape index (κ2) is 7.20. The van der Waals surface area contributed by atoms with Gasteiger partial charge in [-0.25, -0.2) is 9.97 Å². The molecule has 150 valence electrons. The van der Waals surface area contributed by atoms with Crippen LogP contribution in [0.15, 0.2) is 24.4 Å². The molecule has 0 bridgehead atoms. The Balaban J connectivity index is 1.48. The quantitative estimate of drug-likeness (QED) is 0.720. The second-order valence-electron chi connectivity index (χ2n) is 6.85. The monoisotopic (exact) mass is 402 g/mol. The number of pyridine rings is 1. The first kappa shape index (κ1) is 18.9. The van der Waals surface area contributed by atoms with Crippen LogP contribution in [0.3, 0.4) is 0 Å². The molecular formula is C18H17F3N8. The normalized spacial score (nSPS) is 15.5. The van der Waals surface area contributed by atoms with Crippen molar-refractivity contribution in [1.29, 1.82) is 5.26 Å². The van der Waals surface area contributed by atoms with Crippen molar-refractivity contribution in [3.8, 4) is 6.07 Å². The smallest absolute Gasteiger partial charge is 0.367 e. The number of aromatic nitrogens is 5. The van der Waals surface area contributed by atoms with E-state index in [9.17, 15) is 13.2 Å². The molecule has 0 spiro atoms. The Kier molecular flexibility index (Phi) is 4.70. The van der Waals surface area contributed by atoms with E-state index in [0.29, 0.717) is 17.1 Å². The number of aryl methyl sites for hydroxylation is 1. The molecule has 1 N–H and O–H groups in total. The van der Waals surface area contributed by atoms with Crippen LogP contribution in [-0.2, 0) is 6.18 Å². The maximum atomic E-state index is 13.0. The summed E-state index contributed by atoms with van der Waals surface area (Å²) in [7, 11) is 0. The average molecular weight is 402 g/mol. The van der Waals surface area contributed by atoms with Gasteiger partial charge in [0.05, 0.1) is 5.56 Å². The van der Waals surface area contributed by atoms with Crippen LogP contribution < -0.4 is 10.2 Å². The number of nitrogens with one attached hydrogen (secondary N) is 1. The Labute approximate surface area is 164 Å². The van der Waals surface area contributed by atoms with Crippen molar-refractivity contribution < 1.29 is 13.2 Å². The molecule has 8 nitrogen and oxygen atoms in total. The van der Waals surface area contributed by atoms with Gasteiger partial charge in [0.1, 0.15) is 17.7 Å². The van der Waals surface area contributed by atoms with Crippen LogP contribution in [-0.4, -0.2) is 43.7 Å². The number of halogens is 3. The van der Waals surface area contributed by atoms with Gasteiger partial charge >= 0.3 is 6.18 Å². The summed E-state index contributed by atoms with van der Waals surface area (Å²) in [5.41, 5.74) is 1.06. The highest BCUT2D eigenvalue weighted by molar-refractivity contribution is 5.47. The molecule has 1 fully saturated rings. The fourth-order valence-electron chi connectivity index (χ4n) is 3.31. The van der Waals surface area contributed by atoms with Crippen molar-refractivity contribution in [2.45, 2.75) is 32.0 Å². The van der Waals surface area contributed by atoms with Crippen LogP contribution in [0, 0.1) is 18.3 Å². The molecule has 0 amide bonds. The Morgan fingerprint density at radius 2 is 1.97 bits per heavy atom. The van der Waals surface area contributed by atoms with Crippen LogP contribution in [0.2, 0.25) is 0 Å². The highest BCUT2D eigenvalue weighted by atomic mass is 19.4. The summed E-state index contributed by atoms with van der Waals surface area (Å²) in [5, 5.41) is 15.7. The highest BCUT2D eigenvalue weighted by Crippen LogP contribution is 2.27. The van der Waals surface area contributed by atoms with Gasteiger partial charge in [-0.3, -0.25) is 0 Å². The van der Waals surface area contributed by atoms with E-state index in [0.717, 1.165) is 36.3 Å². The third kappa shape index (κ3) is 3.91. The number of hydrogen-bond donors (Lipinski definition) is 1. The first-order valence-corrected chi connectivity index (χ1v) is 9.03. The van der Waals surface area contributed by atoms with Crippen LogP contribution in [0.5, 0.6) is 0 Å². The van der Waals surface area contributed by atoms with Gasteiger partial charge in [-0.05, 0) is 31.9 Å². The molecule has 3 aromatic heterocycles. The molecule has 1 aliphatic heterocycles. The van der Waals surface area contributed by atoms with E-state index in [-0.39, 0.29) is 11.8 Å². The van der Waals surface area contributed by atoms with Gasteiger partial charge in [0.15, 0.2) is 0 Å². The molecular weight excluding hydrogens is 385 g/mol. The summed E-state index contributed by atoms with van der Waals surface area (Å²) >= 11 is 0. The van der Waals surface area contributed by atoms with Gasteiger partial charge < -0.3 is 10.2 Å². The lowest BCUT2D eigenvalue weighted by atomic mass is 10.0. The topological polar surface area (TPSA) is 95.0 Å². The summed E-state index contributed by atoms with van der Waals surface area (Å²) in [4.78, 5) is 14.0. The molecule has 1 aliphatic rings. The zero-order valence-corrected chi connectivity index (χ0v) is 15.5. The lowest BCUT2D eigenvalue weighted by Crippen LogP contribution is -2.39. The number of fused-ring (bicyclic) bond motifs is 1. The van der Waals surface area contributed by atoms with Crippen molar-refractivity contribution >= 4 is 17.4 Å². The molecule has 11 heteroatoms. The molecule has 0 atom stereocenters. The van der Waals surface area contributed by atoms with Crippen LogP contribution in [0.25, 0.3) is 5.78 Å². The molecule has 3 aromatic rings. The molecule has 0 aliphatic carbocycles. The van der Waals surface area contributed by atoms with Crippen molar-refractivity contribution in [3.63, 3.8) is 0 Å². The number of hydrogen-bond acceptors (Lipinski definition) is 7. The van der Waals surface area contributed by atoms with Crippen LogP contribution in [0.4, 0.5) is 24.8 Å². The number of alkyl halides is 3. The summed E-state index contributed by atoms with van der Waals surface area (Å²) in [6.07, 6.45) is -1.55. The SMILES string of the molecule is Cc1cc(NC2CCN(c3ccc(C#N)cn3)CC2)n2nc(C(F)(F)F)nc2n1. The van der Waals surface area contributed by atoms with Crippen molar-refractivity contribution in [1.82, 2.24) is 24.6 Å². The van der Waals surface area contributed by atoms with Crippen molar-refractivity contribution in [2.75, 3.05) is 23.3 Å². The zero-order chi connectivity index (χ0) is 20.6. The number of piperidine rings is 1. The summed E-state index contributed by atoms with van der Waals surface area (Å²) < 4.78 is 40.0.